The molecule has 0 radical (unpaired) electrons. The molecule has 0 N–H and O–H groups in total. The van der Waals surface area contributed by atoms with Gasteiger partial charge in [0.05, 0.1) is 6.04 Å². The Kier molecular flexibility index (Phi) is 5.54. The zero-order valence-corrected chi connectivity index (χ0v) is 13.1. The number of hydrogen-bond acceptors (Lipinski definition) is 1. The second kappa shape index (κ2) is 7.17. The third-order valence-electron chi connectivity index (χ3n) is 4.85. The Morgan fingerprint density at radius 1 is 1.05 bits per heavy atom. The Bertz CT molecular complexity index is 334. The minimum Gasteiger partial charge on any atom is -0.368 e. The van der Waals surface area contributed by atoms with E-state index in [9.17, 15) is 0 Å². The highest BCUT2D eigenvalue weighted by Gasteiger charge is 2.29. The van der Waals surface area contributed by atoms with Crippen LogP contribution in [0.1, 0.15) is 78.6 Å². The standard InChI is InChI=1S/C18H31N/c1-4-10-18-16(6-3)13-15(5-2)14-19(18)17-11-8-7-9-12-17/h13-14,17-18H,4-12H2,1-3H3. The third-order valence-corrected chi connectivity index (χ3v) is 4.85. The van der Waals surface area contributed by atoms with Crippen molar-refractivity contribution in [3.63, 3.8) is 0 Å². The van der Waals surface area contributed by atoms with Gasteiger partial charge in [-0.2, -0.15) is 0 Å². The molecule has 108 valence electrons. The quantitative estimate of drug-likeness (QED) is 0.637. The SMILES string of the molecule is CCCC1C(CC)=CC(CC)=CN1C1CCCCC1. The Morgan fingerprint density at radius 3 is 2.37 bits per heavy atom. The monoisotopic (exact) mass is 261 g/mol. The highest BCUT2D eigenvalue weighted by atomic mass is 15.2. The Hall–Kier alpha value is -0.720. The Morgan fingerprint density at radius 2 is 1.79 bits per heavy atom. The van der Waals surface area contributed by atoms with Crippen LogP contribution < -0.4 is 0 Å². The van der Waals surface area contributed by atoms with Crippen LogP contribution in [0.25, 0.3) is 0 Å². The fourth-order valence-corrected chi connectivity index (χ4v) is 3.72. The molecule has 0 aromatic rings. The van der Waals surface area contributed by atoms with E-state index >= 15 is 0 Å². The smallest absolute Gasteiger partial charge is 0.0503 e. The van der Waals surface area contributed by atoms with Crippen molar-refractivity contribution in [3.05, 3.63) is 23.4 Å². The molecule has 1 heteroatoms. The fraction of sp³-hybridized carbons (Fsp3) is 0.778. The van der Waals surface area contributed by atoms with Crippen LogP contribution in [0.3, 0.4) is 0 Å². The normalized spacial score (nSPS) is 25.2. The van der Waals surface area contributed by atoms with Crippen LogP contribution in [0.15, 0.2) is 23.4 Å². The summed E-state index contributed by atoms with van der Waals surface area (Å²) >= 11 is 0. The van der Waals surface area contributed by atoms with Gasteiger partial charge in [-0.25, -0.2) is 0 Å². The maximum atomic E-state index is 2.75. The van der Waals surface area contributed by atoms with E-state index in [1.807, 2.05) is 0 Å². The lowest BCUT2D eigenvalue weighted by Crippen LogP contribution is -2.43. The number of hydrogen-bond donors (Lipinski definition) is 0. The molecule has 2 aliphatic rings. The van der Waals surface area contributed by atoms with Crippen molar-refractivity contribution in [2.75, 3.05) is 0 Å². The predicted molar refractivity (Wildman–Crippen MR) is 84.2 cm³/mol. The first-order valence-electron chi connectivity index (χ1n) is 8.48. The second-order valence-corrected chi connectivity index (χ2v) is 6.17. The van der Waals surface area contributed by atoms with E-state index in [-0.39, 0.29) is 0 Å². The lowest BCUT2D eigenvalue weighted by atomic mass is 9.87. The maximum absolute atomic E-state index is 2.75. The molecule has 19 heavy (non-hydrogen) atoms. The first kappa shape index (κ1) is 14.7. The Labute approximate surface area is 119 Å². The van der Waals surface area contributed by atoms with E-state index < -0.39 is 0 Å². The topological polar surface area (TPSA) is 3.24 Å². The number of nitrogens with zero attached hydrogens (tertiary/aromatic N) is 1. The molecule has 1 aliphatic carbocycles. The summed E-state index contributed by atoms with van der Waals surface area (Å²) < 4.78 is 0. The largest absolute Gasteiger partial charge is 0.368 e. The summed E-state index contributed by atoms with van der Waals surface area (Å²) in [5, 5.41) is 0. The zero-order chi connectivity index (χ0) is 13.7. The van der Waals surface area contributed by atoms with E-state index in [1.165, 1.54) is 63.4 Å². The van der Waals surface area contributed by atoms with Crippen LogP contribution in [0, 0.1) is 0 Å². The van der Waals surface area contributed by atoms with E-state index in [2.05, 4.69) is 37.9 Å². The van der Waals surface area contributed by atoms with Gasteiger partial charge in [0.2, 0.25) is 0 Å². The summed E-state index contributed by atoms with van der Waals surface area (Å²) in [6, 6.07) is 1.50. The maximum Gasteiger partial charge on any atom is 0.0503 e. The van der Waals surface area contributed by atoms with Gasteiger partial charge < -0.3 is 4.90 Å². The molecule has 1 unspecified atom stereocenters. The van der Waals surface area contributed by atoms with Crippen LogP contribution in [-0.4, -0.2) is 17.0 Å². The molecular weight excluding hydrogens is 230 g/mol. The summed E-state index contributed by atoms with van der Waals surface area (Å²) in [5.74, 6) is 0. The van der Waals surface area contributed by atoms with Gasteiger partial charge in [0.15, 0.2) is 0 Å². The third kappa shape index (κ3) is 3.43. The van der Waals surface area contributed by atoms with Gasteiger partial charge in [0.25, 0.3) is 0 Å². The first-order chi connectivity index (χ1) is 9.30. The molecule has 1 atom stereocenters. The zero-order valence-electron chi connectivity index (χ0n) is 13.1. The van der Waals surface area contributed by atoms with Crippen molar-refractivity contribution < 1.29 is 0 Å². The summed E-state index contributed by atoms with van der Waals surface area (Å²) in [7, 11) is 0. The van der Waals surface area contributed by atoms with Gasteiger partial charge in [-0.1, -0.05) is 52.5 Å². The molecular formula is C18H31N. The van der Waals surface area contributed by atoms with Gasteiger partial charge in [0, 0.05) is 12.2 Å². The van der Waals surface area contributed by atoms with Gasteiger partial charge in [0.1, 0.15) is 0 Å². The molecule has 0 spiro atoms. The lowest BCUT2D eigenvalue weighted by Gasteiger charge is -2.43. The molecule has 0 bridgehead atoms. The van der Waals surface area contributed by atoms with Crippen molar-refractivity contribution in [1.29, 1.82) is 0 Å². The highest BCUT2D eigenvalue weighted by Crippen LogP contribution is 2.33. The second-order valence-electron chi connectivity index (χ2n) is 6.17. The summed E-state index contributed by atoms with van der Waals surface area (Å²) in [5.41, 5.74) is 3.21. The fourth-order valence-electron chi connectivity index (χ4n) is 3.72. The van der Waals surface area contributed by atoms with Gasteiger partial charge in [-0.05, 0) is 43.3 Å². The van der Waals surface area contributed by atoms with Crippen LogP contribution in [-0.2, 0) is 0 Å². The Balaban J connectivity index is 2.20. The van der Waals surface area contributed by atoms with Crippen LogP contribution in [0.5, 0.6) is 0 Å². The van der Waals surface area contributed by atoms with Gasteiger partial charge in [-0.3, -0.25) is 0 Å². The molecule has 0 saturated heterocycles. The molecule has 0 aromatic heterocycles. The molecule has 1 aliphatic heterocycles. The van der Waals surface area contributed by atoms with Crippen molar-refractivity contribution in [3.8, 4) is 0 Å². The molecule has 2 rings (SSSR count). The van der Waals surface area contributed by atoms with Gasteiger partial charge in [-0.15, -0.1) is 0 Å². The van der Waals surface area contributed by atoms with Crippen LogP contribution in [0.2, 0.25) is 0 Å². The molecule has 1 heterocycles. The highest BCUT2D eigenvalue weighted by molar-refractivity contribution is 5.31. The number of rotatable bonds is 5. The van der Waals surface area contributed by atoms with Crippen LogP contribution in [0.4, 0.5) is 0 Å². The molecule has 1 saturated carbocycles. The minimum absolute atomic E-state index is 0.688. The van der Waals surface area contributed by atoms with Crippen molar-refractivity contribution in [2.24, 2.45) is 0 Å². The van der Waals surface area contributed by atoms with Crippen molar-refractivity contribution in [2.45, 2.75) is 90.6 Å². The lowest BCUT2D eigenvalue weighted by molar-refractivity contribution is 0.168. The van der Waals surface area contributed by atoms with E-state index in [1.54, 1.807) is 5.57 Å². The average Bonchev–Trinajstić information content (AvgIpc) is 2.48. The van der Waals surface area contributed by atoms with Gasteiger partial charge >= 0.3 is 0 Å². The van der Waals surface area contributed by atoms with E-state index in [4.69, 9.17) is 0 Å². The number of allylic oxidation sites excluding steroid dienone is 2. The first-order valence-corrected chi connectivity index (χ1v) is 8.48. The molecule has 0 amide bonds. The summed E-state index contributed by atoms with van der Waals surface area (Å²) in [6.07, 6.45) is 17.1. The summed E-state index contributed by atoms with van der Waals surface area (Å²) in [4.78, 5) is 2.75. The van der Waals surface area contributed by atoms with Crippen LogP contribution >= 0.6 is 0 Å². The van der Waals surface area contributed by atoms with Crippen molar-refractivity contribution >= 4 is 0 Å². The van der Waals surface area contributed by atoms with E-state index in [0.717, 1.165) is 6.04 Å². The average molecular weight is 261 g/mol. The minimum atomic E-state index is 0.688. The molecule has 1 fully saturated rings. The summed E-state index contributed by atoms with van der Waals surface area (Å²) in [6.45, 7) is 6.94. The van der Waals surface area contributed by atoms with E-state index in [0.29, 0.717) is 6.04 Å². The molecule has 0 aromatic carbocycles. The predicted octanol–water partition coefficient (Wildman–Crippen LogP) is 5.43. The van der Waals surface area contributed by atoms with Crippen molar-refractivity contribution in [1.82, 2.24) is 4.90 Å². The molecule has 1 nitrogen and oxygen atoms in total.